The van der Waals surface area contributed by atoms with Crippen LogP contribution in [-0.2, 0) is 40.2 Å². The molecule has 5 rings (SSSR count). The minimum atomic E-state index is -4.53. The molecule has 5 atom stereocenters. The highest BCUT2D eigenvalue weighted by Crippen LogP contribution is 2.42. The highest BCUT2D eigenvalue weighted by molar-refractivity contribution is 7.89. The van der Waals surface area contributed by atoms with E-state index in [1.54, 1.807) is 30.3 Å². The number of alkyl carbamates (subject to hydrolysis) is 1. The van der Waals surface area contributed by atoms with Gasteiger partial charge in [-0.05, 0) is 36.6 Å². The molecule has 16 heteroatoms. The standard InChI is InChI=1S/C29H33F2N3O9S2/c1-18(36)42-24(13-34(14-27(30)31)45(38,39)20-7-8-22-26(12-20)44-17-32-22)23(11-19-5-3-2-4-6-19)33-28(37)43-25-15-41-29(16-35)21(25)9-10-40-29/h2-8,12,17,21,23-25,27,35H,9-11,13-16H2,1H3,(H,33,37)/t21-,23-,24+,25-,29+/m0/s1. The number of hydrogen-bond acceptors (Lipinski definition) is 11. The van der Waals surface area contributed by atoms with Crippen LogP contribution in [0.4, 0.5) is 13.6 Å². The predicted octanol–water partition coefficient (Wildman–Crippen LogP) is 2.95. The summed E-state index contributed by atoms with van der Waals surface area (Å²) in [6, 6.07) is 11.8. The number of carbonyl (C=O) groups excluding carboxylic acids is 2. The van der Waals surface area contributed by atoms with E-state index in [-0.39, 0.29) is 17.9 Å². The highest BCUT2D eigenvalue weighted by Gasteiger charge is 2.56. The van der Waals surface area contributed by atoms with Gasteiger partial charge in [-0.3, -0.25) is 4.79 Å². The van der Waals surface area contributed by atoms with Crippen molar-refractivity contribution in [2.24, 2.45) is 5.92 Å². The van der Waals surface area contributed by atoms with Gasteiger partial charge >= 0.3 is 12.1 Å². The van der Waals surface area contributed by atoms with Gasteiger partial charge < -0.3 is 29.4 Å². The summed E-state index contributed by atoms with van der Waals surface area (Å²) >= 11 is 1.19. The Morgan fingerprint density at radius 3 is 2.69 bits per heavy atom. The second-order valence-corrected chi connectivity index (χ2v) is 13.6. The predicted molar refractivity (Wildman–Crippen MR) is 157 cm³/mol. The first-order valence-electron chi connectivity index (χ1n) is 14.2. The number of aromatic nitrogens is 1. The Balaban J connectivity index is 1.42. The summed E-state index contributed by atoms with van der Waals surface area (Å²) in [5.41, 5.74) is 2.77. The fourth-order valence-corrected chi connectivity index (χ4v) is 7.91. The molecule has 0 saturated carbocycles. The Bertz CT molecular complexity index is 1590. The molecule has 0 radical (unpaired) electrons. The molecule has 0 aliphatic carbocycles. The van der Waals surface area contributed by atoms with Gasteiger partial charge in [-0.15, -0.1) is 11.3 Å². The van der Waals surface area contributed by atoms with E-state index in [9.17, 15) is 31.9 Å². The van der Waals surface area contributed by atoms with Crippen LogP contribution >= 0.6 is 11.3 Å². The molecule has 2 saturated heterocycles. The number of ether oxygens (including phenoxy) is 4. The van der Waals surface area contributed by atoms with Crippen molar-refractivity contribution < 1.29 is 50.8 Å². The number of amides is 1. The van der Waals surface area contributed by atoms with E-state index in [0.717, 1.165) is 6.92 Å². The smallest absolute Gasteiger partial charge is 0.407 e. The van der Waals surface area contributed by atoms with Crippen LogP contribution in [0.5, 0.6) is 0 Å². The van der Waals surface area contributed by atoms with Crippen molar-refractivity contribution in [3.05, 3.63) is 59.6 Å². The number of thiazole rings is 1. The first-order valence-corrected chi connectivity index (χ1v) is 16.5. The molecule has 2 aromatic carbocycles. The molecule has 244 valence electrons. The number of sulfonamides is 1. The molecule has 12 nitrogen and oxygen atoms in total. The number of esters is 1. The maximum Gasteiger partial charge on any atom is 0.407 e. The third-order valence-corrected chi connectivity index (χ3v) is 10.4. The quantitative estimate of drug-likeness (QED) is 0.260. The fourth-order valence-electron chi connectivity index (χ4n) is 5.66. The summed E-state index contributed by atoms with van der Waals surface area (Å²) in [4.78, 5) is 29.4. The maximum absolute atomic E-state index is 13.8. The number of fused-ring (bicyclic) bond motifs is 2. The Morgan fingerprint density at radius 1 is 1.20 bits per heavy atom. The van der Waals surface area contributed by atoms with Gasteiger partial charge in [-0.25, -0.2) is 27.0 Å². The molecule has 0 unspecified atom stereocenters. The van der Waals surface area contributed by atoms with Crippen LogP contribution in [0.25, 0.3) is 10.2 Å². The normalized spacial score (nSPS) is 22.8. The van der Waals surface area contributed by atoms with Crippen molar-refractivity contribution in [3.8, 4) is 0 Å². The average molecular weight is 670 g/mol. The summed E-state index contributed by atoms with van der Waals surface area (Å²) in [7, 11) is -4.53. The van der Waals surface area contributed by atoms with E-state index >= 15 is 0 Å². The molecule has 2 aliphatic heterocycles. The van der Waals surface area contributed by atoms with Gasteiger partial charge in [0.1, 0.15) is 12.2 Å². The third-order valence-electron chi connectivity index (χ3n) is 7.79. The molecule has 0 spiro atoms. The number of aliphatic hydroxyl groups is 1. The van der Waals surface area contributed by atoms with Gasteiger partial charge in [-0.1, -0.05) is 30.3 Å². The van der Waals surface area contributed by atoms with E-state index in [2.05, 4.69) is 10.3 Å². The summed E-state index contributed by atoms with van der Waals surface area (Å²) in [5, 5.41) is 12.5. The number of nitrogens with zero attached hydrogens (tertiary/aromatic N) is 2. The lowest BCUT2D eigenvalue weighted by molar-refractivity contribution is -0.216. The fraction of sp³-hybridized carbons (Fsp3) is 0.483. The second-order valence-electron chi connectivity index (χ2n) is 10.8. The molecule has 2 fully saturated rings. The van der Waals surface area contributed by atoms with Crippen LogP contribution in [-0.4, -0.2) is 98.2 Å². The van der Waals surface area contributed by atoms with E-state index < -0.39 is 78.2 Å². The number of halogens is 2. The Kier molecular flexibility index (Phi) is 10.3. The van der Waals surface area contributed by atoms with Crippen LogP contribution in [0.2, 0.25) is 0 Å². The molecule has 3 heterocycles. The molecule has 1 amide bonds. The number of rotatable bonds is 13. The minimum absolute atomic E-state index is 0.0279. The minimum Gasteiger partial charge on any atom is -0.459 e. The van der Waals surface area contributed by atoms with Gasteiger partial charge in [0.25, 0.3) is 6.43 Å². The third kappa shape index (κ3) is 7.58. The van der Waals surface area contributed by atoms with Crippen LogP contribution in [0.1, 0.15) is 18.9 Å². The van der Waals surface area contributed by atoms with Gasteiger partial charge in [0.05, 0.1) is 65.5 Å². The Morgan fingerprint density at radius 2 is 1.98 bits per heavy atom. The van der Waals surface area contributed by atoms with E-state index in [1.165, 1.54) is 35.0 Å². The van der Waals surface area contributed by atoms with Crippen molar-refractivity contribution >= 4 is 43.6 Å². The number of carbonyl (C=O) groups is 2. The zero-order valence-corrected chi connectivity index (χ0v) is 25.8. The topological polar surface area (TPSA) is 154 Å². The van der Waals surface area contributed by atoms with E-state index in [1.807, 2.05) is 0 Å². The molecule has 3 aromatic rings. The Labute approximate surface area is 262 Å². The van der Waals surface area contributed by atoms with Crippen molar-refractivity contribution in [3.63, 3.8) is 0 Å². The van der Waals surface area contributed by atoms with Crippen LogP contribution in [0.15, 0.2) is 58.9 Å². The summed E-state index contributed by atoms with van der Waals surface area (Å²) in [6.07, 6.45) is -5.63. The first-order chi connectivity index (χ1) is 21.5. The van der Waals surface area contributed by atoms with Gasteiger partial charge in [0.2, 0.25) is 10.0 Å². The Hall–Kier alpha value is -3.28. The van der Waals surface area contributed by atoms with Crippen molar-refractivity contribution in [1.82, 2.24) is 14.6 Å². The summed E-state index contributed by atoms with van der Waals surface area (Å²) < 4.78 is 78.6. The van der Waals surface area contributed by atoms with Crippen LogP contribution < -0.4 is 5.32 Å². The van der Waals surface area contributed by atoms with E-state index in [4.69, 9.17) is 18.9 Å². The number of alkyl halides is 2. The van der Waals surface area contributed by atoms with Crippen molar-refractivity contribution in [2.45, 2.75) is 55.1 Å². The SMILES string of the molecule is CC(=O)O[C@H](CN(CC(F)F)S(=O)(=O)c1ccc2ncsc2c1)[C@H](Cc1ccccc1)NC(=O)O[C@H]1CO[C@@]2(CO)OCC[C@@H]12. The van der Waals surface area contributed by atoms with Crippen molar-refractivity contribution in [2.75, 3.05) is 32.9 Å². The molecular weight excluding hydrogens is 636 g/mol. The van der Waals surface area contributed by atoms with Gasteiger partial charge in [-0.2, -0.15) is 4.31 Å². The lowest BCUT2D eigenvalue weighted by atomic mass is 9.95. The number of benzene rings is 2. The monoisotopic (exact) mass is 669 g/mol. The van der Waals surface area contributed by atoms with Gasteiger partial charge in [0.15, 0.2) is 5.79 Å². The van der Waals surface area contributed by atoms with Crippen LogP contribution in [0.3, 0.4) is 0 Å². The number of hydrogen-bond donors (Lipinski definition) is 2. The summed E-state index contributed by atoms with van der Waals surface area (Å²) in [6.45, 7) is -0.926. The van der Waals surface area contributed by atoms with Crippen molar-refractivity contribution in [1.29, 1.82) is 0 Å². The van der Waals surface area contributed by atoms with Gasteiger partial charge in [0, 0.05) is 6.92 Å². The maximum atomic E-state index is 13.8. The zero-order chi connectivity index (χ0) is 32.2. The highest BCUT2D eigenvalue weighted by atomic mass is 32.2. The molecule has 2 aliphatic rings. The molecule has 1 aromatic heterocycles. The number of aliphatic hydroxyl groups excluding tert-OH is 1. The zero-order valence-electron chi connectivity index (χ0n) is 24.2. The lowest BCUT2D eigenvalue weighted by Gasteiger charge is -2.32. The second kappa shape index (κ2) is 14.0. The molecule has 0 bridgehead atoms. The molecule has 2 N–H and O–H groups in total. The molecular formula is C29H33F2N3O9S2. The first kappa shape index (κ1) is 33.1. The lowest BCUT2D eigenvalue weighted by Crippen LogP contribution is -2.53. The van der Waals surface area contributed by atoms with Crippen LogP contribution in [0, 0.1) is 5.92 Å². The summed E-state index contributed by atoms with van der Waals surface area (Å²) in [5.74, 6) is -2.50. The largest absolute Gasteiger partial charge is 0.459 e. The molecule has 45 heavy (non-hydrogen) atoms. The number of nitrogens with one attached hydrogen (secondary N) is 1. The van der Waals surface area contributed by atoms with E-state index in [0.29, 0.717) is 33.1 Å². The average Bonchev–Trinajstić information content (AvgIpc) is 3.72.